The minimum absolute atomic E-state index is 0.832. The van der Waals surface area contributed by atoms with Crippen LogP contribution >= 0.6 is 0 Å². The minimum Gasteiger partial charge on any atom is -0.394 e. The Morgan fingerprint density at radius 2 is 0.449 bits per heavy atom. The maximum absolute atomic E-state index is 11.5. The van der Waals surface area contributed by atoms with E-state index in [0.29, 0.717) is 0 Å². The van der Waals surface area contributed by atoms with E-state index in [1.165, 1.54) is 0 Å². The van der Waals surface area contributed by atoms with Crippen molar-refractivity contribution in [3.05, 3.63) is 0 Å². The molecule has 0 aromatic rings. The van der Waals surface area contributed by atoms with Gasteiger partial charge in [0.15, 0.2) is 44.0 Å². The van der Waals surface area contributed by atoms with Crippen LogP contribution in [0, 0.1) is 0 Å². The highest BCUT2D eigenvalue weighted by Gasteiger charge is 2.56. The summed E-state index contributed by atoms with van der Waals surface area (Å²) >= 11 is 0. The monoisotopic (exact) mass is 1150 g/mol. The molecule has 7 rings (SSSR count). The SMILES string of the molecule is OC[C@@H]1O[C@H](OC[C@H]2O[C@H](OC[C@H]3O[C@@H](OC[C@H]4O[C@@H](OC[C@H]5O[C@@H](O)[C@H](O)[C@H](O)[C@H]5O)[C@H](O)[C@H](O[C@H]5O[C@@H](CO)[C@H](O)[C@H](O)[C@H]5O)[C@H]4O)[C@H](O)[C@H](O)[C@H]3O)[C@@H](O)[C@@H](O[C@H]3O[C@@H](CO)[C@H](O)[C@H](O)[C@H]3O)[C@@H]2O)[C@H](O)[C@@H](O)[C@H]1O. The van der Waals surface area contributed by atoms with Crippen molar-refractivity contribution in [2.75, 3.05) is 46.2 Å². The average molecular weight is 1150 g/mol. The third-order valence-electron chi connectivity index (χ3n) is 14.5. The van der Waals surface area contributed by atoms with Gasteiger partial charge in [-0.3, -0.25) is 0 Å². The van der Waals surface area contributed by atoms with Crippen LogP contribution in [0.1, 0.15) is 0 Å². The molecule has 0 aromatic carbocycles. The van der Waals surface area contributed by atoms with Gasteiger partial charge in [-0.1, -0.05) is 0 Å². The van der Waals surface area contributed by atoms with Crippen molar-refractivity contribution < 1.29 is 179 Å². The lowest BCUT2D eigenvalue weighted by Crippen LogP contribution is -2.66. The Labute approximate surface area is 439 Å². The summed E-state index contributed by atoms with van der Waals surface area (Å²) in [7, 11) is 0. The first-order chi connectivity index (χ1) is 36.8. The third kappa shape index (κ3) is 13.5. The van der Waals surface area contributed by atoms with Gasteiger partial charge < -0.3 is 179 Å². The molecular formula is C42H72O36. The molecule has 0 unspecified atom stereocenters. The Bertz CT molecular complexity index is 1810. The summed E-state index contributed by atoms with van der Waals surface area (Å²) in [5.41, 5.74) is 0. The molecule has 7 heterocycles. The fourth-order valence-electron chi connectivity index (χ4n) is 9.57. The third-order valence-corrected chi connectivity index (χ3v) is 14.5. The number of hydrogen-bond donors (Lipinski definition) is 23. The summed E-state index contributed by atoms with van der Waals surface area (Å²) in [6.45, 7) is -6.25. The summed E-state index contributed by atoms with van der Waals surface area (Å²) in [6, 6.07) is 0. The van der Waals surface area contributed by atoms with Gasteiger partial charge in [0.1, 0.15) is 171 Å². The van der Waals surface area contributed by atoms with Gasteiger partial charge in [0.25, 0.3) is 0 Å². The smallest absolute Gasteiger partial charge is 0.187 e. The van der Waals surface area contributed by atoms with E-state index in [9.17, 15) is 117 Å². The molecule has 0 aliphatic carbocycles. The van der Waals surface area contributed by atoms with Crippen molar-refractivity contribution in [1.29, 1.82) is 0 Å². The van der Waals surface area contributed by atoms with Gasteiger partial charge in [-0.15, -0.1) is 0 Å². The highest BCUT2D eigenvalue weighted by molar-refractivity contribution is 4.99. The van der Waals surface area contributed by atoms with Crippen molar-refractivity contribution in [2.45, 2.75) is 215 Å². The maximum atomic E-state index is 11.5. The fraction of sp³-hybridized carbons (Fsp3) is 1.00. The summed E-state index contributed by atoms with van der Waals surface area (Å²) in [4.78, 5) is 0. The molecule has 0 aromatic heterocycles. The molecule has 0 bridgehead atoms. The lowest BCUT2D eigenvalue weighted by molar-refractivity contribution is -0.375. The van der Waals surface area contributed by atoms with Crippen LogP contribution < -0.4 is 0 Å². The molecule has 7 saturated heterocycles. The Morgan fingerprint density at radius 3 is 0.769 bits per heavy atom. The second kappa shape index (κ2) is 27.5. The van der Waals surface area contributed by atoms with E-state index in [-0.39, 0.29) is 0 Å². The van der Waals surface area contributed by atoms with Crippen molar-refractivity contribution in [2.24, 2.45) is 0 Å². The van der Waals surface area contributed by atoms with Gasteiger partial charge in [0, 0.05) is 0 Å². The highest BCUT2D eigenvalue weighted by Crippen LogP contribution is 2.35. The topological polar surface area (TPSA) is 585 Å². The zero-order valence-corrected chi connectivity index (χ0v) is 40.8. The molecule has 35 atom stereocenters. The standard InChI is InChI=1S/C42H72O36/c43-1-8-15(46)23(54)28(59)37(71-8)66-6-13-20(51)35(78-42-31(62)25(56)17(48)10(3-45)73-42)33(64)40(76-13)69-5-12-19(50)26(57)29(60)38(74-12)67-7-14-21(52)34(77-41-30(61)24(55)16(47)9(2-44)72-41)32(63)39(75-14)68-4-11-18(49)22(53)27(58)36(65)70-11/h8-65H,1-7H2/t8-,9-,10-,11+,12+,13+,14+,15-,16-,17-,18-,19-,20+,21-,22+,23-,24-,25-,26+,27+,28+,29+,30+,31+,32+,33-,34+,35-,36+,37-,38+,39+,40-,41+,42+/m0/s1. The van der Waals surface area contributed by atoms with Crippen LogP contribution in [0.3, 0.4) is 0 Å². The first kappa shape index (κ1) is 64.1. The Balaban J connectivity index is 1.06. The van der Waals surface area contributed by atoms with Crippen LogP contribution in [0.5, 0.6) is 0 Å². The molecule has 0 saturated carbocycles. The molecule has 0 radical (unpaired) electrons. The van der Waals surface area contributed by atoms with E-state index >= 15 is 0 Å². The summed E-state index contributed by atoms with van der Waals surface area (Å²) in [5.74, 6) is 0. The van der Waals surface area contributed by atoms with E-state index in [1.807, 2.05) is 0 Å². The number of aliphatic hydroxyl groups excluding tert-OH is 23. The van der Waals surface area contributed by atoms with Crippen molar-refractivity contribution in [1.82, 2.24) is 0 Å². The van der Waals surface area contributed by atoms with Gasteiger partial charge in [0.05, 0.1) is 46.2 Å². The van der Waals surface area contributed by atoms with E-state index in [1.54, 1.807) is 0 Å². The quantitative estimate of drug-likeness (QED) is 0.0571. The molecule has 0 amide bonds. The molecule has 36 heteroatoms. The van der Waals surface area contributed by atoms with Crippen LogP contribution in [-0.4, -0.2) is 379 Å². The molecule has 7 fully saturated rings. The predicted octanol–water partition coefficient (Wildman–Crippen LogP) is -16.3. The first-order valence-electron chi connectivity index (χ1n) is 24.6. The fourth-order valence-corrected chi connectivity index (χ4v) is 9.57. The molecular weight excluding hydrogens is 1080 g/mol. The predicted molar refractivity (Wildman–Crippen MR) is 232 cm³/mol. The van der Waals surface area contributed by atoms with Crippen LogP contribution in [-0.2, 0) is 61.6 Å². The Morgan fingerprint density at radius 1 is 0.218 bits per heavy atom. The largest absolute Gasteiger partial charge is 0.394 e. The summed E-state index contributed by atoms with van der Waals surface area (Å²) < 4.78 is 72.2. The van der Waals surface area contributed by atoms with Crippen molar-refractivity contribution in [3.8, 4) is 0 Å². The van der Waals surface area contributed by atoms with E-state index in [2.05, 4.69) is 0 Å². The van der Waals surface area contributed by atoms with Crippen molar-refractivity contribution >= 4 is 0 Å². The van der Waals surface area contributed by atoms with E-state index in [0.717, 1.165) is 0 Å². The Kier molecular flexibility index (Phi) is 22.6. The molecule has 78 heavy (non-hydrogen) atoms. The van der Waals surface area contributed by atoms with Crippen LogP contribution in [0.4, 0.5) is 0 Å². The number of ether oxygens (including phenoxy) is 13. The van der Waals surface area contributed by atoms with Gasteiger partial charge in [-0.2, -0.15) is 0 Å². The first-order valence-corrected chi connectivity index (χ1v) is 24.6. The molecule has 23 N–H and O–H groups in total. The molecule has 7 aliphatic rings. The zero-order valence-electron chi connectivity index (χ0n) is 40.8. The second-order valence-corrected chi connectivity index (χ2v) is 19.7. The molecule has 7 aliphatic heterocycles. The minimum atomic E-state index is -2.16. The molecule has 456 valence electrons. The molecule has 36 nitrogen and oxygen atoms in total. The normalized spacial score (nSPS) is 53.5. The highest BCUT2D eigenvalue weighted by atomic mass is 16.8. The van der Waals surface area contributed by atoms with Gasteiger partial charge in [-0.05, 0) is 0 Å². The van der Waals surface area contributed by atoms with Crippen LogP contribution in [0.2, 0.25) is 0 Å². The number of rotatable bonds is 19. The number of aliphatic hydroxyl groups is 23. The average Bonchev–Trinajstić information content (AvgIpc) is 3.49. The van der Waals surface area contributed by atoms with Crippen LogP contribution in [0.15, 0.2) is 0 Å². The van der Waals surface area contributed by atoms with Gasteiger partial charge in [0.2, 0.25) is 0 Å². The van der Waals surface area contributed by atoms with Gasteiger partial charge >= 0.3 is 0 Å². The summed E-state index contributed by atoms with van der Waals surface area (Å²) in [6.07, 6.45) is -67.5. The summed E-state index contributed by atoms with van der Waals surface area (Å²) in [5, 5.41) is 242. The molecule has 0 spiro atoms. The van der Waals surface area contributed by atoms with E-state index < -0.39 is 261 Å². The lowest BCUT2D eigenvalue weighted by Gasteiger charge is -2.47. The van der Waals surface area contributed by atoms with E-state index in [4.69, 9.17) is 61.6 Å². The zero-order chi connectivity index (χ0) is 57.3. The number of hydrogen-bond acceptors (Lipinski definition) is 36. The lowest BCUT2D eigenvalue weighted by atomic mass is 9.96. The second-order valence-electron chi connectivity index (χ2n) is 19.7. The van der Waals surface area contributed by atoms with Crippen LogP contribution in [0.25, 0.3) is 0 Å². The van der Waals surface area contributed by atoms with Crippen molar-refractivity contribution in [3.63, 3.8) is 0 Å². The maximum Gasteiger partial charge on any atom is 0.187 e. The van der Waals surface area contributed by atoms with Gasteiger partial charge in [-0.25, -0.2) is 0 Å². The Hall–Kier alpha value is -1.44.